The number of hydrogen-bond acceptors (Lipinski definition) is 6. The first kappa shape index (κ1) is 26.9. The summed E-state index contributed by atoms with van der Waals surface area (Å²) in [4.78, 5) is 10.0. The molecule has 198 valence electrons. The molecule has 0 spiro atoms. The standard InChI is InChI=1S/C29H30F3N5O/c1-18(33)15-19-11-13-20(14-12-19)25-17-26(36-28(34)35-25)38-27(29(30,31)32)24-10-5-4-9-23(24)21-7-6-8-22(16-21)37(2)3/h4-14,16-18,27H,15,33H2,1-3H3,(H2,34,35,36)/t18-,27?/m0/s1. The molecular formula is C29H30F3N5O. The third kappa shape index (κ3) is 6.41. The highest BCUT2D eigenvalue weighted by Crippen LogP contribution is 2.41. The van der Waals surface area contributed by atoms with Gasteiger partial charge in [0.15, 0.2) is 0 Å². The van der Waals surface area contributed by atoms with E-state index in [4.69, 9.17) is 16.2 Å². The van der Waals surface area contributed by atoms with E-state index in [0.717, 1.165) is 11.3 Å². The Labute approximate surface area is 220 Å². The van der Waals surface area contributed by atoms with Crippen LogP contribution in [-0.4, -0.2) is 36.3 Å². The fraction of sp³-hybridized carbons (Fsp3) is 0.241. The Morgan fingerprint density at radius 1 is 0.895 bits per heavy atom. The first-order valence-corrected chi connectivity index (χ1v) is 12.1. The van der Waals surface area contributed by atoms with E-state index in [1.54, 1.807) is 24.3 Å². The molecule has 4 N–H and O–H groups in total. The molecule has 0 fully saturated rings. The number of nitrogen functional groups attached to an aromatic ring is 1. The van der Waals surface area contributed by atoms with Gasteiger partial charge in [0.1, 0.15) is 0 Å². The van der Waals surface area contributed by atoms with Crippen molar-refractivity contribution < 1.29 is 17.9 Å². The van der Waals surface area contributed by atoms with Crippen LogP contribution >= 0.6 is 0 Å². The zero-order chi connectivity index (χ0) is 27.4. The number of anilines is 2. The Morgan fingerprint density at radius 3 is 2.26 bits per heavy atom. The lowest BCUT2D eigenvalue weighted by atomic mass is 9.95. The third-order valence-corrected chi connectivity index (χ3v) is 5.98. The molecule has 4 rings (SSSR count). The second-order valence-electron chi connectivity index (χ2n) is 9.40. The molecule has 6 nitrogen and oxygen atoms in total. The number of nitrogens with two attached hydrogens (primary N) is 2. The Morgan fingerprint density at radius 2 is 1.61 bits per heavy atom. The van der Waals surface area contributed by atoms with Crippen LogP contribution in [0.4, 0.5) is 24.8 Å². The van der Waals surface area contributed by atoms with Gasteiger partial charge in [-0.3, -0.25) is 0 Å². The number of halogens is 3. The SMILES string of the molecule is C[C@H](N)Cc1ccc(-c2cc(OC(c3ccccc3-c3cccc(N(C)C)c3)C(F)(F)F)nc(N)n2)cc1. The molecule has 0 aliphatic carbocycles. The van der Waals surface area contributed by atoms with Crippen LogP contribution in [0.1, 0.15) is 24.2 Å². The molecule has 0 saturated heterocycles. The van der Waals surface area contributed by atoms with E-state index in [1.807, 2.05) is 68.4 Å². The van der Waals surface area contributed by atoms with Crippen molar-refractivity contribution in [2.45, 2.75) is 31.7 Å². The average molecular weight is 522 g/mol. The van der Waals surface area contributed by atoms with Gasteiger partial charge < -0.3 is 21.1 Å². The number of alkyl halides is 3. The van der Waals surface area contributed by atoms with E-state index in [1.165, 1.54) is 12.1 Å². The van der Waals surface area contributed by atoms with E-state index in [0.29, 0.717) is 28.8 Å². The number of aromatic nitrogens is 2. The van der Waals surface area contributed by atoms with Crippen LogP contribution in [0.25, 0.3) is 22.4 Å². The highest BCUT2D eigenvalue weighted by molar-refractivity contribution is 5.72. The van der Waals surface area contributed by atoms with Crippen molar-refractivity contribution in [1.82, 2.24) is 9.97 Å². The van der Waals surface area contributed by atoms with Gasteiger partial charge in [-0.2, -0.15) is 18.2 Å². The Bertz CT molecular complexity index is 1390. The summed E-state index contributed by atoms with van der Waals surface area (Å²) in [7, 11) is 3.74. The van der Waals surface area contributed by atoms with Crippen molar-refractivity contribution in [3.63, 3.8) is 0 Å². The minimum Gasteiger partial charge on any atom is -0.460 e. The topological polar surface area (TPSA) is 90.3 Å². The van der Waals surface area contributed by atoms with Gasteiger partial charge in [-0.1, -0.05) is 60.7 Å². The van der Waals surface area contributed by atoms with Crippen LogP contribution in [0, 0.1) is 0 Å². The average Bonchev–Trinajstić information content (AvgIpc) is 2.86. The number of benzene rings is 3. The minimum absolute atomic E-state index is 0.00286. The van der Waals surface area contributed by atoms with Gasteiger partial charge >= 0.3 is 6.18 Å². The molecule has 0 amide bonds. The van der Waals surface area contributed by atoms with Gasteiger partial charge in [-0.15, -0.1) is 0 Å². The van der Waals surface area contributed by atoms with Crippen LogP contribution in [0.2, 0.25) is 0 Å². The van der Waals surface area contributed by atoms with E-state index in [9.17, 15) is 13.2 Å². The Hall–Kier alpha value is -4.11. The molecule has 3 aromatic carbocycles. The normalized spacial score (nSPS) is 13.1. The maximum absolute atomic E-state index is 14.4. The highest BCUT2D eigenvalue weighted by Gasteiger charge is 2.44. The van der Waals surface area contributed by atoms with Crippen molar-refractivity contribution in [3.05, 3.63) is 90.0 Å². The maximum atomic E-state index is 14.4. The summed E-state index contributed by atoms with van der Waals surface area (Å²) in [6.07, 6.45) is -6.31. The van der Waals surface area contributed by atoms with Gasteiger partial charge in [0, 0.05) is 43.0 Å². The fourth-order valence-corrected chi connectivity index (χ4v) is 4.20. The molecule has 0 aliphatic heterocycles. The summed E-state index contributed by atoms with van der Waals surface area (Å²) in [6, 6.07) is 22.4. The van der Waals surface area contributed by atoms with Gasteiger partial charge in [0.25, 0.3) is 0 Å². The van der Waals surface area contributed by atoms with Gasteiger partial charge in [0.2, 0.25) is 17.9 Å². The zero-order valence-corrected chi connectivity index (χ0v) is 21.4. The van der Waals surface area contributed by atoms with Gasteiger partial charge in [-0.05, 0) is 42.2 Å². The molecule has 0 aliphatic rings. The summed E-state index contributed by atoms with van der Waals surface area (Å²) in [5.74, 6) is -0.462. The fourth-order valence-electron chi connectivity index (χ4n) is 4.20. The molecule has 2 atom stereocenters. The maximum Gasteiger partial charge on any atom is 0.429 e. The zero-order valence-electron chi connectivity index (χ0n) is 21.4. The van der Waals surface area contributed by atoms with Crippen LogP contribution in [0.5, 0.6) is 5.88 Å². The van der Waals surface area contributed by atoms with Crippen LogP contribution < -0.4 is 21.1 Å². The van der Waals surface area contributed by atoms with Gasteiger partial charge in [-0.25, -0.2) is 4.98 Å². The Kier molecular flexibility index (Phi) is 7.87. The van der Waals surface area contributed by atoms with E-state index in [-0.39, 0.29) is 23.4 Å². The van der Waals surface area contributed by atoms with Crippen molar-refractivity contribution in [2.75, 3.05) is 24.7 Å². The molecule has 1 aromatic heterocycles. The van der Waals surface area contributed by atoms with E-state index >= 15 is 0 Å². The second kappa shape index (κ2) is 11.1. The summed E-state index contributed by atoms with van der Waals surface area (Å²) in [5.41, 5.74) is 15.7. The summed E-state index contributed by atoms with van der Waals surface area (Å²) >= 11 is 0. The van der Waals surface area contributed by atoms with Crippen molar-refractivity contribution in [1.29, 1.82) is 0 Å². The lowest BCUT2D eigenvalue weighted by Crippen LogP contribution is -2.27. The van der Waals surface area contributed by atoms with Gasteiger partial charge in [0.05, 0.1) is 5.69 Å². The second-order valence-corrected chi connectivity index (χ2v) is 9.40. The predicted octanol–water partition coefficient (Wildman–Crippen LogP) is 6.03. The number of hydrogen-bond donors (Lipinski definition) is 2. The minimum atomic E-state index is -4.73. The molecule has 1 unspecified atom stereocenters. The van der Waals surface area contributed by atoms with Crippen LogP contribution in [0.3, 0.4) is 0 Å². The third-order valence-electron chi connectivity index (χ3n) is 5.98. The first-order chi connectivity index (χ1) is 18.0. The summed E-state index contributed by atoms with van der Waals surface area (Å²) in [5, 5.41) is 0. The molecule has 9 heteroatoms. The number of nitrogens with zero attached hydrogens (tertiary/aromatic N) is 3. The summed E-state index contributed by atoms with van der Waals surface area (Å²) in [6.45, 7) is 1.91. The largest absolute Gasteiger partial charge is 0.460 e. The number of ether oxygens (including phenoxy) is 1. The molecular weight excluding hydrogens is 491 g/mol. The lowest BCUT2D eigenvalue weighted by Gasteiger charge is -2.24. The summed E-state index contributed by atoms with van der Waals surface area (Å²) < 4.78 is 48.9. The van der Waals surface area contributed by atoms with Crippen molar-refractivity contribution in [2.24, 2.45) is 5.73 Å². The van der Waals surface area contributed by atoms with Crippen molar-refractivity contribution >= 4 is 11.6 Å². The lowest BCUT2D eigenvalue weighted by molar-refractivity contribution is -0.198. The smallest absolute Gasteiger partial charge is 0.429 e. The van der Waals surface area contributed by atoms with Crippen LogP contribution in [-0.2, 0) is 6.42 Å². The predicted molar refractivity (Wildman–Crippen MR) is 145 cm³/mol. The molecule has 38 heavy (non-hydrogen) atoms. The van der Waals surface area contributed by atoms with Crippen molar-refractivity contribution in [3.8, 4) is 28.3 Å². The Balaban J connectivity index is 1.71. The molecule has 0 radical (unpaired) electrons. The highest BCUT2D eigenvalue weighted by atomic mass is 19.4. The first-order valence-electron chi connectivity index (χ1n) is 12.1. The van der Waals surface area contributed by atoms with E-state index < -0.39 is 12.3 Å². The monoisotopic (exact) mass is 521 g/mol. The van der Waals surface area contributed by atoms with E-state index in [2.05, 4.69) is 9.97 Å². The quantitative estimate of drug-likeness (QED) is 0.294. The molecule has 1 heterocycles. The molecule has 4 aromatic rings. The number of rotatable bonds is 8. The molecule has 0 saturated carbocycles. The molecule has 0 bridgehead atoms. The van der Waals surface area contributed by atoms with Crippen LogP contribution in [0.15, 0.2) is 78.9 Å².